The molecule has 0 fully saturated rings. The average Bonchev–Trinajstić information content (AvgIpc) is 2.48. The predicted octanol–water partition coefficient (Wildman–Crippen LogP) is 5.27. The van der Waals surface area contributed by atoms with E-state index in [4.69, 9.17) is 27.9 Å². The van der Waals surface area contributed by atoms with Crippen molar-refractivity contribution in [3.8, 4) is 5.75 Å². The number of benzene rings is 2. The van der Waals surface area contributed by atoms with Crippen LogP contribution in [0, 0.1) is 0 Å². The molecule has 0 heterocycles. The molecule has 0 radical (unpaired) electrons. The molecular weight excluding hydrogens is 373 g/mol. The van der Waals surface area contributed by atoms with Crippen LogP contribution < -0.4 is 10.1 Å². The number of methoxy groups -OCH3 is 1. The molecule has 2 nitrogen and oxygen atoms in total. The number of hydrogen-bond donors (Lipinski definition) is 1. The highest BCUT2D eigenvalue weighted by molar-refractivity contribution is 9.10. The van der Waals surface area contributed by atoms with E-state index in [0.717, 1.165) is 32.8 Å². The van der Waals surface area contributed by atoms with Crippen molar-refractivity contribution in [3.05, 3.63) is 62.0 Å². The second-order valence-electron chi connectivity index (χ2n) is 4.68. The number of rotatable bonds is 5. The predicted molar refractivity (Wildman–Crippen MR) is 92.7 cm³/mol. The molecule has 5 heteroatoms. The van der Waals surface area contributed by atoms with E-state index in [9.17, 15) is 0 Å². The second kappa shape index (κ2) is 7.50. The Morgan fingerprint density at radius 2 is 1.95 bits per heavy atom. The molecule has 1 unspecified atom stereocenters. The Balaban J connectivity index is 2.27. The van der Waals surface area contributed by atoms with Gasteiger partial charge in [-0.1, -0.05) is 29.3 Å². The van der Waals surface area contributed by atoms with Crippen LogP contribution in [0.4, 0.5) is 0 Å². The molecule has 1 atom stereocenters. The molecule has 2 aromatic carbocycles. The Kier molecular flexibility index (Phi) is 5.94. The highest BCUT2D eigenvalue weighted by Crippen LogP contribution is 2.31. The lowest BCUT2D eigenvalue weighted by Gasteiger charge is -2.19. The van der Waals surface area contributed by atoms with Crippen LogP contribution in [0.2, 0.25) is 10.0 Å². The van der Waals surface area contributed by atoms with Crippen LogP contribution in [0.5, 0.6) is 5.75 Å². The molecule has 0 bridgehead atoms. The Hall–Kier alpha value is -0.740. The van der Waals surface area contributed by atoms with Gasteiger partial charge in [0.05, 0.1) is 11.6 Å². The number of hydrogen-bond acceptors (Lipinski definition) is 2. The van der Waals surface area contributed by atoms with Crippen LogP contribution in [-0.2, 0) is 6.42 Å². The Bertz CT molecular complexity index is 634. The van der Waals surface area contributed by atoms with Crippen molar-refractivity contribution < 1.29 is 4.74 Å². The lowest BCUT2D eigenvalue weighted by atomic mass is 9.99. The molecule has 0 aromatic heterocycles. The van der Waals surface area contributed by atoms with Crippen LogP contribution in [0.15, 0.2) is 40.9 Å². The maximum atomic E-state index is 6.25. The van der Waals surface area contributed by atoms with E-state index >= 15 is 0 Å². The molecule has 0 saturated heterocycles. The van der Waals surface area contributed by atoms with Crippen molar-refractivity contribution in [1.82, 2.24) is 5.32 Å². The van der Waals surface area contributed by atoms with Crippen LogP contribution in [0.25, 0.3) is 0 Å². The van der Waals surface area contributed by atoms with Gasteiger partial charge in [-0.05, 0) is 70.9 Å². The van der Waals surface area contributed by atoms with Gasteiger partial charge in [0.25, 0.3) is 0 Å². The lowest BCUT2D eigenvalue weighted by molar-refractivity contribution is 0.411. The molecule has 2 aromatic rings. The van der Waals surface area contributed by atoms with Gasteiger partial charge < -0.3 is 10.1 Å². The molecule has 112 valence electrons. The Morgan fingerprint density at radius 1 is 1.19 bits per heavy atom. The monoisotopic (exact) mass is 387 g/mol. The van der Waals surface area contributed by atoms with Crippen LogP contribution in [0.1, 0.15) is 17.2 Å². The zero-order chi connectivity index (χ0) is 15.4. The summed E-state index contributed by atoms with van der Waals surface area (Å²) in [5.74, 6) is 0.814. The maximum Gasteiger partial charge on any atom is 0.133 e. The number of ether oxygens (including phenoxy) is 1. The van der Waals surface area contributed by atoms with Crippen molar-refractivity contribution >= 4 is 39.1 Å². The molecule has 0 aliphatic rings. The number of nitrogens with one attached hydrogen (secondary N) is 1. The SMILES string of the molecule is CNC(Cc1cc(Cl)ccc1Cl)c1ccc(OC)c(Br)c1. The van der Waals surface area contributed by atoms with Crippen molar-refractivity contribution in [2.75, 3.05) is 14.2 Å². The lowest BCUT2D eigenvalue weighted by Crippen LogP contribution is -2.19. The minimum atomic E-state index is 0.142. The molecule has 0 aliphatic carbocycles. The van der Waals surface area contributed by atoms with Gasteiger partial charge in [0, 0.05) is 16.1 Å². The van der Waals surface area contributed by atoms with E-state index in [1.54, 1.807) is 13.2 Å². The van der Waals surface area contributed by atoms with E-state index in [0.29, 0.717) is 5.02 Å². The molecule has 2 rings (SSSR count). The number of likely N-dealkylation sites (N-methyl/N-ethyl adjacent to an activating group) is 1. The Labute approximate surface area is 143 Å². The zero-order valence-corrected chi connectivity index (χ0v) is 14.9. The van der Waals surface area contributed by atoms with Gasteiger partial charge in [-0.3, -0.25) is 0 Å². The quantitative estimate of drug-likeness (QED) is 0.753. The average molecular weight is 389 g/mol. The van der Waals surface area contributed by atoms with Crippen LogP contribution in [0.3, 0.4) is 0 Å². The summed E-state index contributed by atoms with van der Waals surface area (Å²) >= 11 is 15.8. The third-order valence-corrected chi connectivity index (χ3v) is 4.58. The minimum absolute atomic E-state index is 0.142. The third kappa shape index (κ3) is 4.13. The summed E-state index contributed by atoms with van der Waals surface area (Å²) in [4.78, 5) is 0. The molecule has 0 saturated carbocycles. The molecule has 1 N–H and O–H groups in total. The first kappa shape index (κ1) is 16.6. The van der Waals surface area contributed by atoms with Crippen molar-refractivity contribution in [1.29, 1.82) is 0 Å². The molecular formula is C16H16BrCl2NO. The van der Waals surface area contributed by atoms with Crippen LogP contribution in [-0.4, -0.2) is 14.2 Å². The van der Waals surface area contributed by atoms with Gasteiger partial charge in [-0.2, -0.15) is 0 Å². The van der Waals surface area contributed by atoms with Crippen molar-refractivity contribution in [2.24, 2.45) is 0 Å². The first-order valence-corrected chi connectivity index (χ1v) is 8.04. The molecule has 0 spiro atoms. The molecule has 0 amide bonds. The van der Waals surface area contributed by atoms with Crippen molar-refractivity contribution in [3.63, 3.8) is 0 Å². The van der Waals surface area contributed by atoms with Gasteiger partial charge in [-0.25, -0.2) is 0 Å². The summed E-state index contributed by atoms with van der Waals surface area (Å²) in [5.41, 5.74) is 2.18. The standard InChI is InChI=1S/C16H16BrCl2NO/c1-20-15(9-11-7-12(18)4-5-14(11)19)10-3-6-16(21-2)13(17)8-10/h3-8,15,20H,9H2,1-2H3. The second-order valence-corrected chi connectivity index (χ2v) is 6.37. The van der Waals surface area contributed by atoms with Crippen molar-refractivity contribution in [2.45, 2.75) is 12.5 Å². The summed E-state index contributed by atoms with van der Waals surface area (Å²) in [6, 6.07) is 11.7. The van der Waals surface area contributed by atoms with Gasteiger partial charge in [0.2, 0.25) is 0 Å². The smallest absolute Gasteiger partial charge is 0.133 e. The normalized spacial score (nSPS) is 12.2. The Morgan fingerprint density at radius 3 is 2.57 bits per heavy atom. The summed E-state index contributed by atoms with van der Waals surface area (Å²) in [6.07, 6.45) is 0.759. The summed E-state index contributed by atoms with van der Waals surface area (Å²) in [6.45, 7) is 0. The largest absolute Gasteiger partial charge is 0.496 e. The fraction of sp³-hybridized carbons (Fsp3) is 0.250. The van der Waals surface area contributed by atoms with E-state index in [1.165, 1.54) is 0 Å². The fourth-order valence-corrected chi connectivity index (χ4v) is 3.15. The number of halogens is 3. The fourth-order valence-electron chi connectivity index (χ4n) is 2.21. The van der Waals surface area contributed by atoms with Gasteiger partial charge in [0.15, 0.2) is 0 Å². The third-order valence-electron chi connectivity index (χ3n) is 3.36. The summed E-state index contributed by atoms with van der Waals surface area (Å²) in [7, 11) is 3.59. The first-order chi connectivity index (χ1) is 10.0. The van der Waals surface area contributed by atoms with E-state index in [1.807, 2.05) is 31.3 Å². The first-order valence-electron chi connectivity index (χ1n) is 6.49. The van der Waals surface area contributed by atoms with Crippen LogP contribution >= 0.6 is 39.1 Å². The molecule has 0 aliphatic heterocycles. The van der Waals surface area contributed by atoms with Gasteiger partial charge in [-0.15, -0.1) is 0 Å². The van der Waals surface area contributed by atoms with E-state index in [2.05, 4.69) is 27.3 Å². The van der Waals surface area contributed by atoms with Gasteiger partial charge >= 0.3 is 0 Å². The highest BCUT2D eigenvalue weighted by atomic mass is 79.9. The van der Waals surface area contributed by atoms with E-state index in [-0.39, 0.29) is 6.04 Å². The van der Waals surface area contributed by atoms with Gasteiger partial charge in [0.1, 0.15) is 5.75 Å². The zero-order valence-electron chi connectivity index (χ0n) is 11.8. The maximum absolute atomic E-state index is 6.25. The summed E-state index contributed by atoms with van der Waals surface area (Å²) < 4.78 is 6.19. The van der Waals surface area contributed by atoms with E-state index < -0.39 is 0 Å². The minimum Gasteiger partial charge on any atom is -0.496 e. The highest BCUT2D eigenvalue weighted by Gasteiger charge is 2.14. The molecule has 21 heavy (non-hydrogen) atoms. The summed E-state index contributed by atoms with van der Waals surface area (Å²) in [5, 5.41) is 4.74. The topological polar surface area (TPSA) is 21.3 Å².